The first-order chi connectivity index (χ1) is 25.4. The van der Waals surface area contributed by atoms with Crippen LogP contribution in [0.1, 0.15) is 42.6 Å². The van der Waals surface area contributed by atoms with Crippen molar-refractivity contribution >= 4 is 22.9 Å². The number of imidazole rings is 1. The highest BCUT2D eigenvalue weighted by Gasteiger charge is 2.46. The number of hydrogen-bond donors (Lipinski definition) is 1. The normalized spacial score (nSPS) is 18.2. The minimum atomic E-state index is -0.499. The predicted molar refractivity (Wildman–Crippen MR) is 201 cm³/mol. The van der Waals surface area contributed by atoms with Crippen LogP contribution in [0, 0.1) is 5.41 Å². The Morgan fingerprint density at radius 2 is 1.60 bits per heavy atom. The van der Waals surface area contributed by atoms with E-state index < -0.39 is 5.41 Å². The molecule has 11 nitrogen and oxygen atoms in total. The van der Waals surface area contributed by atoms with Gasteiger partial charge in [0.15, 0.2) is 11.5 Å². The van der Waals surface area contributed by atoms with E-state index in [1.807, 2.05) is 53.4 Å². The maximum atomic E-state index is 14.5. The molecular weight excluding hydrogens is 658 g/mol. The molecule has 2 aliphatic heterocycles. The Morgan fingerprint density at radius 1 is 0.846 bits per heavy atom. The zero-order valence-electron chi connectivity index (χ0n) is 30.6. The number of aromatic nitrogens is 2. The van der Waals surface area contributed by atoms with Gasteiger partial charge in [-0.3, -0.25) is 4.79 Å². The Labute approximate surface area is 305 Å². The number of piperidine rings is 1. The third-order valence-corrected chi connectivity index (χ3v) is 10.8. The van der Waals surface area contributed by atoms with Crippen LogP contribution in [-0.4, -0.2) is 85.9 Å². The van der Waals surface area contributed by atoms with Gasteiger partial charge in [0.1, 0.15) is 11.5 Å². The van der Waals surface area contributed by atoms with Crippen LogP contribution in [0.4, 0.5) is 5.95 Å². The topological polar surface area (TPSA) is 103 Å². The fourth-order valence-electron chi connectivity index (χ4n) is 7.87. The number of rotatable bonds is 15. The molecule has 1 unspecified atom stereocenters. The number of fused-ring (bicyclic) bond motifs is 1. The lowest BCUT2D eigenvalue weighted by atomic mass is 9.77. The standard InChI is InChI=1S/C41H49N5O6/c1-48-32-13-11-29(12-14-32)26-41(18-22-45(39(41)47)27-30-24-36(49-2)38(51-4)37(25-30)50-3)17-21-44-19-15-31(16-20-44)42-40-43-34-9-5-6-10-35(34)46(40)28-33-8-7-23-52-33/h5-14,23-25,31H,15-22,26-28H2,1-4H3,(H,42,43). The molecular formula is C41H49N5O6. The second-order valence-electron chi connectivity index (χ2n) is 13.9. The zero-order chi connectivity index (χ0) is 36.1. The van der Waals surface area contributed by atoms with E-state index in [1.165, 1.54) is 0 Å². The third kappa shape index (κ3) is 7.41. The molecule has 3 aromatic carbocycles. The molecule has 1 atom stereocenters. The fourth-order valence-corrected chi connectivity index (χ4v) is 7.87. The highest BCUT2D eigenvalue weighted by molar-refractivity contribution is 5.85. The van der Waals surface area contributed by atoms with E-state index in [1.54, 1.807) is 34.7 Å². The maximum absolute atomic E-state index is 14.5. The third-order valence-electron chi connectivity index (χ3n) is 10.8. The van der Waals surface area contributed by atoms with Gasteiger partial charge in [0.2, 0.25) is 17.6 Å². The molecule has 11 heteroatoms. The van der Waals surface area contributed by atoms with Crippen LogP contribution in [-0.2, 0) is 24.3 Å². The summed E-state index contributed by atoms with van der Waals surface area (Å²) in [6, 6.07) is 24.5. The molecule has 52 heavy (non-hydrogen) atoms. The largest absolute Gasteiger partial charge is 0.497 e. The Balaban J connectivity index is 1.03. The number of carbonyl (C=O) groups excluding carboxylic acids is 1. The van der Waals surface area contributed by atoms with Crippen LogP contribution < -0.4 is 24.3 Å². The fraction of sp³-hybridized carbons (Fsp3) is 0.415. The smallest absolute Gasteiger partial charge is 0.229 e. The monoisotopic (exact) mass is 707 g/mol. The van der Waals surface area contributed by atoms with E-state index in [9.17, 15) is 4.79 Å². The number of nitrogens with zero attached hydrogens (tertiary/aromatic N) is 4. The number of likely N-dealkylation sites (tertiary alicyclic amines) is 2. The molecule has 4 heterocycles. The van der Waals surface area contributed by atoms with Crippen LogP contribution in [0.25, 0.3) is 11.0 Å². The Bertz CT molecular complexity index is 1930. The molecule has 2 aromatic heterocycles. The Hall–Kier alpha value is -5.16. The van der Waals surface area contributed by atoms with Crippen molar-refractivity contribution in [3.8, 4) is 23.0 Å². The van der Waals surface area contributed by atoms with Gasteiger partial charge in [-0.05, 0) is 98.3 Å². The number of benzene rings is 3. The van der Waals surface area contributed by atoms with Crippen molar-refractivity contribution in [1.82, 2.24) is 19.4 Å². The summed E-state index contributed by atoms with van der Waals surface area (Å²) in [6.45, 7) is 4.56. The lowest BCUT2D eigenvalue weighted by molar-refractivity contribution is -0.137. The summed E-state index contributed by atoms with van der Waals surface area (Å²) in [4.78, 5) is 24.0. The van der Waals surface area contributed by atoms with Crippen LogP contribution in [0.2, 0.25) is 0 Å². The predicted octanol–water partition coefficient (Wildman–Crippen LogP) is 6.64. The summed E-state index contributed by atoms with van der Waals surface area (Å²) in [5, 5.41) is 3.76. The van der Waals surface area contributed by atoms with E-state index in [-0.39, 0.29) is 5.91 Å². The first kappa shape index (κ1) is 35.3. The van der Waals surface area contributed by atoms with E-state index in [0.29, 0.717) is 49.3 Å². The van der Waals surface area contributed by atoms with E-state index in [0.717, 1.165) is 84.9 Å². The number of ether oxygens (including phenoxy) is 4. The zero-order valence-corrected chi connectivity index (χ0v) is 30.6. The molecule has 1 amide bonds. The van der Waals surface area contributed by atoms with E-state index >= 15 is 0 Å². The Morgan fingerprint density at radius 3 is 2.27 bits per heavy atom. The van der Waals surface area contributed by atoms with Crippen LogP contribution >= 0.6 is 0 Å². The summed E-state index contributed by atoms with van der Waals surface area (Å²) in [7, 11) is 6.49. The molecule has 0 saturated carbocycles. The number of carbonyl (C=O) groups is 1. The summed E-state index contributed by atoms with van der Waals surface area (Å²) in [5.74, 6) is 4.49. The highest BCUT2D eigenvalue weighted by Crippen LogP contribution is 2.42. The second-order valence-corrected chi connectivity index (χ2v) is 13.9. The van der Waals surface area contributed by atoms with Gasteiger partial charge in [-0.15, -0.1) is 0 Å². The summed E-state index contributed by atoms with van der Waals surface area (Å²) in [6.07, 6.45) is 5.98. The van der Waals surface area contributed by atoms with Crippen molar-refractivity contribution in [2.24, 2.45) is 5.41 Å². The number of nitrogens with one attached hydrogen (secondary N) is 1. The van der Waals surface area contributed by atoms with E-state index in [4.69, 9.17) is 28.3 Å². The van der Waals surface area contributed by atoms with Gasteiger partial charge in [-0.2, -0.15) is 0 Å². The molecule has 2 fully saturated rings. The highest BCUT2D eigenvalue weighted by atomic mass is 16.5. The van der Waals surface area contributed by atoms with Crippen molar-refractivity contribution in [2.75, 3.05) is 59.9 Å². The summed E-state index contributed by atoms with van der Waals surface area (Å²) in [5.41, 5.74) is 3.64. The van der Waals surface area contributed by atoms with Crippen LogP contribution in [0.3, 0.4) is 0 Å². The minimum Gasteiger partial charge on any atom is -0.497 e. The van der Waals surface area contributed by atoms with Gasteiger partial charge < -0.3 is 43.0 Å². The molecule has 0 aliphatic carbocycles. The van der Waals surface area contributed by atoms with Crippen LogP contribution in [0.5, 0.6) is 23.0 Å². The van der Waals surface area contributed by atoms with Gasteiger partial charge >= 0.3 is 0 Å². The first-order valence-electron chi connectivity index (χ1n) is 18.1. The van der Waals surface area contributed by atoms with E-state index in [2.05, 4.69) is 39.0 Å². The summed E-state index contributed by atoms with van der Waals surface area (Å²) >= 11 is 0. The average molecular weight is 708 g/mol. The lowest BCUT2D eigenvalue weighted by Crippen LogP contribution is -2.43. The number of hydrogen-bond acceptors (Lipinski definition) is 9. The molecule has 274 valence electrons. The van der Waals surface area contributed by atoms with Gasteiger partial charge in [0.05, 0.1) is 57.7 Å². The van der Waals surface area contributed by atoms with Crippen molar-refractivity contribution in [3.05, 3.63) is 95.9 Å². The average Bonchev–Trinajstić information content (AvgIpc) is 3.90. The summed E-state index contributed by atoms with van der Waals surface area (Å²) < 4.78 is 30.0. The molecule has 0 radical (unpaired) electrons. The maximum Gasteiger partial charge on any atom is 0.229 e. The Kier molecular flexibility index (Phi) is 10.6. The van der Waals surface area contributed by atoms with Gasteiger partial charge in [-0.25, -0.2) is 4.98 Å². The molecule has 7 rings (SSSR count). The minimum absolute atomic E-state index is 0.198. The molecule has 0 bridgehead atoms. The molecule has 2 saturated heterocycles. The number of anilines is 1. The van der Waals surface area contributed by atoms with Gasteiger partial charge in [-0.1, -0.05) is 24.3 Å². The number of amides is 1. The van der Waals surface area contributed by atoms with Gasteiger partial charge in [0, 0.05) is 32.2 Å². The van der Waals surface area contributed by atoms with Crippen molar-refractivity contribution in [1.29, 1.82) is 0 Å². The number of methoxy groups -OCH3 is 4. The number of furan rings is 1. The van der Waals surface area contributed by atoms with Crippen molar-refractivity contribution in [2.45, 2.75) is 51.2 Å². The SMILES string of the molecule is COc1ccc(CC2(CCN3CCC(Nc4nc5ccccc5n4Cc4ccco4)CC3)CCN(Cc3cc(OC)c(OC)c(OC)c3)C2=O)cc1. The molecule has 0 spiro atoms. The quantitative estimate of drug-likeness (QED) is 0.128. The van der Waals surface area contributed by atoms with Crippen molar-refractivity contribution < 1.29 is 28.2 Å². The van der Waals surface area contributed by atoms with Crippen LogP contribution in [0.15, 0.2) is 83.5 Å². The second kappa shape index (κ2) is 15.6. The molecule has 1 N–H and O–H groups in total. The lowest BCUT2D eigenvalue weighted by Gasteiger charge is -2.35. The first-order valence-corrected chi connectivity index (χ1v) is 18.1. The molecule has 5 aromatic rings. The van der Waals surface area contributed by atoms with Gasteiger partial charge in [0.25, 0.3) is 0 Å². The number of para-hydroxylation sites is 2. The van der Waals surface area contributed by atoms with Crippen molar-refractivity contribution in [3.63, 3.8) is 0 Å². The molecule has 2 aliphatic rings.